The van der Waals surface area contributed by atoms with Crippen LogP contribution in [-0.4, -0.2) is 5.78 Å². The average Bonchev–Trinajstić information content (AvgIpc) is 2.35. The minimum absolute atomic E-state index is 0.106. The Morgan fingerprint density at radius 1 is 1.11 bits per heavy atom. The largest absolute Gasteiger partial charge is 0.398 e. The molecule has 0 saturated carbocycles. The van der Waals surface area contributed by atoms with Crippen LogP contribution in [0.1, 0.15) is 15.9 Å². The lowest BCUT2D eigenvalue weighted by atomic mass is 10.0. The summed E-state index contributed by atoms with van der Waals surface area (Å²) in [6.45, 7) is 0. The second kappa shape index (κ2) is 5.43. The van der Waals surface area contributed by atoms with E-state index < -0.39 is 0 Å². The Morgan fingerprint density at radius 3 is 2.50 bits per heavy atom. The van der Waals surface area contributed by atoms with Gasteiger partial charge in [-0.3, -0.25) is 4.79 Å². The highest BCUT2D eigenvalue weighted by atomic mass is 79.9. The van der Waals surface area contributed by atoms with E-state index in [0.717, 1.165) is 8.95 Å². The molecular formula is C13H8Br2ClNO. The molecule has 0 aliphatic rings. The maximum absolute atomic E-state index is 12.3. The third-order valence-corrected chi connectivity index (χ3v) is 3.95. The van der Waals surface area contributed by atoms with Gasteiger partial charge >= 0.3 is 0 Å². The van der Waals surface area contributed by atoms with Gasteiger partial charge in [0.2, 0.25) is 0 Å². The molecule has 2 nitrogen and oxygen atoms in total. The van der Waals surface area contributed by atoms with Gasteiger partial charge in [-0.05, 0) is 36.4 Å². The minimum atomic E-state index is -0.106. The number of halogens is 3. The fraction of sp³-hybridized carbons (Fsp3) is 0. The first kappa shape index (κ1) is 13.6. The normalized spacial score (nSPS) is 10.4. The van der Waals surface area contributed by atoms with E-state index in [-0.39, 0.29) is 5.78 Å². The first-order valence-electron chi connectivity index (χ1n) is 5.04. The van der Waals surface area contributed by atoms with Gasteiger partial charge in [-0.1, -0.05) is 43.5 Å². The van der Waals surface area contributed by atoms with Gasteiger partial charge < -0.3 is 5.73 Å². The number of nitrogens with two attached hydrogens (primary N) is 1. The number of nitrogen functional groups attached to an aromatic ring is 1. The first-order chi connectivity index (χ1) is 8.49. The molecule has 0 saturated heterocycles. The molecule has 0 aliphatic heterocycles. The van der Waals surface area contributed by atoms with Crippen LogP contribution >= 0.6 is 43.5 Å². The molecule has 2 aromatic rings. The molecular weight excluding hydrogens is 381 g/mol. The Kier molecular flexibility index (Phi) is 4.10. The van der Waals surface area contributed by atoms with E-state index in [4.69, 9.17) is 17.3 Å². The summed E-state index contributed by atoms with van der Waals surface area (Å²) >= 11 is 12.6. The number of carbonyl (C=O) groups is 1. The number of benzene rings is 2. The fourth-order valence-corrected chi connectivity index (χ4v) is 2.46. The van der Waals surface area contributed by atoms with Gasteiger partial charge in [0.25, 0.3) is 0 Å². The number of anilines is 1. The SMILES string of the molecule is Nc1ccc(C(=O)c2cc(Br)ccc2Br)cc1Cl. The third kappa shape index (κ3) is 2.76. The fourth-order valence-electron chi connectivity index (χ4n) is 1.50. The van der Waals surface area contributed by atoms with Crippen molar-refractivity contribution in [2.24, 2.45) is 0 Å². The molecule has 0 bridgehead atoms. The Balaban J connectivity index is 2.47. The van der Waals surface area contributed by atoms with Crippen LogP contribution in [0.5, 0.6) is 0 Å². The Labute approximate surface area is 126 Å². The van der Waals surface area contributed by atoms with Crippen molar-refractivity contribution in [3.63, 3.8) is 0 Å². The summed E-state index contributed by atoms with van der Waals surface area (Å²) in [4.78, 5) is 12.3. The van der Waals surface area contributed by atoms with E-state index in [2.05, 4.69) is 31.9 Å². The van der Waals surface area contributed by atoms with Crippen molar-refractivity contribution in [1.82, 2.24) is 0 Å². The molecule has 0 aromatic heterocycles. The highest BCUT2D eigenvalue weighted by Crippen LogP contribution is 2.26. The predicted molar refractivity (Wildman–Crippen MR) is 81.1 cm³/mol. The van der Waals surface area contributed by atoms with Crippen LogP contribution in [0.15, 0.2) is 45.3 Å². The van der Waals surface area contributed by atoms with Crippen LogP contribution in [-0.2, 0) is 0 Å². The average molecular weight is 389 g/mol. The lowest BCUT2D eigenvalue weighted by molar-refractivity contribution is 0.103. The molecule has 2 aromatic carbocycles. The number of hydrogen-bond donors (Lipinski definition) is 1. The van der Waals surface area contributed by atoms with Crippen LogP contribution in [0.2, 0.25) is 5.02 Å². The smallest absolute Gasteiger partial charge is 0.194 e. The van der Waals surface area contributed by atoms with Crippen molar-refractivity contribution in [2.75, 3.05) is 5.73 Å². The van der Waals surface area contributed by atoms with E-state index >= 15 is 0 Å². The zero-order chi connectivity index (χ0) is 13.3. The van der Waals surface area contributed by atoms with Gasteiger partial charge in [0.1, 0.15) is 0 Å². The molecule has 0 aliphatic carbocycles. The Hall–Kier alpha value is -0.840. The third-order valence-electron chi connectivity index (χ3n) is 2.44. The van der Waals surface area contributed by atoms with Gasteiger partial charge in [0.05, 0.1) is 10.7 Å². The van der Waals surface area contributed by atoms with Crippen LogP contribution in [0.4, 0.5) is 5.69 Å². The summed E-state index contributed by atoms with van der Waals surface area (Å²) in [6, 6.07) is 10.3. The van der Waals surface area contributed by atoms with Crippen LogP contribution in [0.3, 0.4) is 0 Å². The standard InChI is InChI=1S/C13H8Br2ClNO/c14-8-2-3-10(15)9(6-8)13(18)7-1-4-12(17)11(16)5-7/h1-6H,17H2. The van der Waals surface area contributed by atoms with E-state index in [9.17, 15) is 4.79 Å². The lowest BCUT2D eigenvalue weighted by Crippen LogP contribution is -2.03. The van der Waals surface area contributed by atoms with Gasteiger partial charge in [0.15, 0.2) is 5.78 Å². The van der Waals surface area contributed by atoms with Crippen LogP contribution in [0, 0.1) is 0 Å². The van der Waals surface area contributed by atoms with Crippen molar-refractivity contribution in [3.8, 4) is 0 Å². The maximum Gasteiger partial charge on any atom is 0.194 e. The first-order valence-corrected chi connectivity index (χ1v) is 7.00. The van der Waals surface area contributed by atoms with E-state index in [0.29, 0.717) is 21.8 Å². The molecule has 18 heavy (non-hydrogen) atoms. The zero-order valence-electron chi connectivity index (χ0n) is 9.08. The molecule has 0 amide bonds. The topological polar surface area (TPSA) is 43.1 Å². The number of hydrogen-bond acceptors (Lipinski definition) is 2. The lowest BCUT2D eigenvalue weighted by Gasteiger charge is -2.06. The van der Waals surface area contributed by atoms with Crippen LogP contribution < -0.4 is 5.73 Å². The summed E-state index contributed by atoms with van der Waals surface area (Å²) in [7, 11) is 0. The van der Waals surface area contributed by atoms with E-state index in [1.54, 1.807) is 24.3 Å². The molecule has 0 heterocycles. The van der Waals surface area contributed by atoms with Gasteiger partial charge in [0, 0.05) is 20.1 Å². The molecule has 2 N–H and O–H groups in total. The van der Waals surface area contributed by atoms with Crippen molar-refractivity contribution in [2.45, 2.75) is 0 Å². The quantitative estimate of drug-likeness (QED) is 0.599. The highest BCUT2D eigenvalue weighted by Gasteiger charge is 2.14. The van der Waals surface area contributed by atoms with Crippen molar-refractivity contribution >= 4 is 54.9 Å². The Bertz CT molecular complexity index is 628. The monoisotopic (exact) mass is 387 g/mol. The number of ketones is 1. The summed E-state index contributed by atoms with van der Waals surface area (Å²) in [6.07, 6.45) is 0. The molecule has 0 spiro atoms. The molecule has 0 atom stereocenters. The summed E-state index contributed by atoms with van der Waals surface area (Å²) in [5, 5.41) is 0.381. The Morgan fingerprint density at radius 2 is 1.83 bits per heavy atom. The van der Waals surface area contributed by atoms with Gasteiger partial charge in [-0.15, -0.1) is 0 Å². The molecule has 0 fully saturated rings. The van der Waals surface area contributed by atoms with E-state index in [1.807, 2.05) is 12.1 Å². The molecule has 0 unspecified atom stereocenters. The molecule has 0 radical (unpaired) electrons. The second-order valence-electron chi connectivity index (χ2n) is 3.69. The van der Waals surface area contributed by atoms with E-state index in [1.165, 1.54) is 0 Å². The highest BCUT2D eigenvalue weighted by molar-refractivity contribution is 9.11. The van der Waals surface area contributed by atoms with Crippen LogP contribution in [0.25, 0.3) is 0 Å². The molecule has 5 heteroatoms. The minimum Gasteiger partial charge on any atom is -0.398 e. The van der Waals surface area contributed by atoms with Crippen molar-refractivity contribution < 1.29 is 4.79 Å². The summed E-state index contributed by atoms with van der Waals surface area (Å²) < 4.78 is 1.58. The maximum atomic E-state index is 12.3. The van der Waals surface area contributed by atoms with Crippen molar-refractivity contribution in [1.29, 1.82) is 0 Å². The van der Waals surface area contributed by atoms with Gasteiger partial charge in [-0.25, -0.2) is 0 Å². The van der Waals surface area contributed by atoms with Crippen molar-refractivity contribution in [3.05, 3.63) is 61.5 Å². The number of rotatable bonds is 2. The summed E-state index contributed by atoms with van der Waals surface area (Å²) in [5.74, 6) is -0.106. The molecule has 2 rings (SSSR count). The zero-order valence-corrected chi connectivity index (χ0v) is 13.0. The predicted octanol–water partition coefficient (Wildman–Crippen LogP) is 4.68. The number of carbonyl (C=O) groups excluding carboxylic acids is 1. The van der Waals surface area contributed by atoms with Gasteiger partial charge in [-0.2, -0.15) is 0 Å². The second-order valence-corrected chi connectivity index (χ2v) is 5.87. The summed E-state index contributed by atoms with van der Waals surface area (Å²) in [5.41, 5.74) is 7.16. The molecule has 92 valence electrons.